The Morgan fingerprint density at radius 1 is 1.10 bits per heavy atom. The second kappa shape index (κ2) is 9.38. The third-order valence-corrected chi connectivity index (χ3v) is 7.11. The van der Waals surface area contributed by atoms with E-state index in [-0.39, 0.29) is 18.1 Å². The van der Waals surface area contributed by atoms with Gasteiger partial charge in [-0.15, -0.1) is 0 Å². The maximum absolute atomic E-state index is 13.6. The minimum Gasteiger partial charge on any atom is -0.446 e. The summed E-state index contributed by atoms with van der Waals surface area (Å²) in [6.07, 6.45) is 7.47. The molecule has 0 bridgehead atoms. The Labute approximate surface area is 179 Å². The average Bonchev–Trinajstić information content (AvgIpc) is 2.88. The molecule has 0 radical (unpaired) electrons. The SMILES string of the molecule is COCCN1Cc2ccccc2CC2(CCN(C(=O)OC3CCCCC3)CC2)C1=O. The predicted molar refractivity (Wildman–Crippen MR) is 114 cm³/mol. The van der Waals surface area contributed by atoms with Gasteiger partial charge in [0, 0.05) is 33.3 Å². The first-order chi connectivity index (χ1) is 14.6. The lowest BCUT2D eigenvalue weighted by Crippen LogP contribution is -2.52. The van der Waals surface area contributed by atoms with Crippen molar-refractivity contribution in [2.75, 3.05) is 33.4 Å². The van der Waals surface area contributed by atoms with E-state index in [4.69, 9.17) is 9.47 Å². The zero-order chi connectivity index (χ0) is 21.0. The van der Waals surface area contributed by atoms with E-state index < -0.39 is 5.41 Å². The summed E-state index contributed by atoms with van der Waals surface area (Å²) >= 11 is 0. The minimum atomic E-state index is -0.442. The molecule has 1 saturated heterocycles. The van der Waals surface area contributed by atoms with E-state index in [1.54, 1.807) is 7.11 Å². The molecule has 1 saturated carbocycles. The van der Waals surface area contributed by atoms with E-state index in [1.165, 1.54) is 17.5 Å². The van der Waals surface area contributed by atoms with Crippen LogP contribution >= 0.6 is 0 Å². The molecule has 164 valence electrons. The third kappa shape index (κ3) is 4.48. The van der Waals surface area contributed by atoms with Crippen molar-refractivity contribution in [3.63, 3.8) is 0 Å². The average molecular weight is 415 g/mol. The molecule has 3 aliphatic rings. The number of hydrogen-bond donors (Lipinski definition) is 0. The summed E-state index contributed by atoms with van der Waals surface area (Å²) in [6.45, 7) is 2.92. The van der Waals surface area contributed by atoms with Crippen molar-refractivity contribution in [1.29, 1.82) is 0 Å². The first-order valence-electron chi connectivity index (χ1n) is 11.4. The first kappa shape index (κ1) is 21.2. The number of piperidine rings is 1. The molecule has 2 fully saturated rings. The van der Waals surface area contributed by atoms with Crippen molar-refractivity contribution >= 4 is 12.0 Å². The van der Waals surface area contributed by atoms with Crippen LogP contribution in [-0.2, 0) is 27.2 Å². The van der Waals surface area contributed by atoms with Crippen molar-refractivity contribution in [3.8, 4) is 0 Å². The molecular formula is C24H34N2O4. The molecule has 0 atom stereocenters. The van der Waals surface area contributed by atoms with Crippen molar-refractivity contribution in [1.82, 2.24) is 9.80 Å². The highest BCUT2D eigenvalue weighted by Crippen LogP contribution is 2.40. The lowest BCUT2D eigenvalue weighted by Gasteiger charge is -2.42. The topological polar surface area (TPSA) is 59.1 Å². The minimum absolute atomic E-state index is 0.0676. The van der Waals surface area contributed by atoms with Crippen LogP contribution in [0.5, 0.6) is 0 Å². The van der Waals surface area contributed by atoms with E-state index in [0.29, 0.717) is 45.6 Å². The molecule has 1 spiro atoms. The maximum Gasteiger partial charge on any atom is 0.410 e. The van der Waals surface area contributed by atoms with Gasteiger partial charge >= 0.3 is 6.09 Å². The summed E-state index contributed by atoms with van der Waals surface area (Å²) < 4.78 is 11.0. The van der Waals surface area contributed by atoms with Crippen molar-refractivity contribution in [3.05, 3.63) is 35.4 Å². The fourth-order valence-electron chi connectivity index (χ4n) is 5.23. The highest BCUT2D eigenvalue weighted by Gasteiger charge is 2.46. The van der Waals surface area contributed by atoms with Crippen LogP contribution in [0.4, 0.5) is 4.79 Å². The molecule has 0 N–H and O–H groups in total. The number of hydrogen-bond acceptors (Lipinski definition) is 4. The van der Waals surface area contributed by atoms with E-state index in [1.807, 2.05) is 15.9 Å². The molecule has 2 aliphatic heterocycles. The molecule has 0 aromatic heterocycles. The lowest BCUT2D eigenvalue weighted by molar-refractivity contribution is -0.145. The van der Waals surface area contributed by atoms with E-state index >= 15 is 0 Å². The van der Waals surface area contributed by atoms with Gasteiger partial charge in [-0.25, -0.2) is 4.79 Å². The summed E-state index contributed by atoms with van der Waals surface area (Å²) in [5.41, 5.74) is 2.03. The number of carbonyl (C=O) groups is 2. The Hall–Kier alpha value is -2.08. The second-order valence-corrected chi connectivity index (χ2v) is 9.08. The molecule has 1 aromatic rings. The second-order valence-electron chi connectivity index (χ2n) is 9.08. The summed E-state index contributed by atoms with van der Waals surface area (Å²) in [5.74, 6) is 0.205. The molecule has 6 heteroatoms. The van der Waals surface area contributed by atoms with Crippen LogP contribution in [0, 0.1) is 5.41 Å². The fourth-order valence-corrected chi connectivity index (χ4v) is 5.23. The Morgan fingerprint density at radius 3 is 2.50 bits per heavy atom. The standard InChI is InChI=1S/C24H34N2O4/c1-29-16-15-26-18-20-8-6-5-7-19(20)17-24(22(26)27)11-13-25(14-12-24)23(28)30-21-9-3-2-4-10-21/h5-8,21H,2-4,9-18H2,1H3. The van der Waals surface area contributed by atoms with Gasteiger partial charge < -0.3 is 19.3 Å². The summed E-state index contributed by atoms with van der Waals surface area (Å²) in [6, 6.07) is 8.37. The third-order valence-electron chi connectivity index (χ3n) is 7.11. The fraction of sp³-hybridized carbons (Fsp3) is 0.667. The van der Waals surface area contributed by atoms with Gasteiger partial charge in [-0.3, -0.25) is 4.79 Å². The normalized spacial score (nSPS) is 22.0. The van der Waals surface area contributed by atoms with Crippen LogP contribution in [-0.4, -0.2) is 61.3 Å². The maximum atomic E-state index is 13.6. The Bertz CT molecular complexity index is 751. The van der Waals surface area contributed by atoms with E-state index in [0.717, 1.165) is 32.1 Å². The summed E-state index contributed by atoms with van der Waals surface area (Å²) in [4.78, 5) is 30.1. The molecular weight excluding hydrogens is 380 g/mol. The number of carbonyl (C=O) groups excluding carboxylic acids is 2. The van der Waals surface area contributed by atoms with Crippen LogP contribution in [0.15, 0.2) is 24.3 Å². The zero-order valence-corrected chi connectivity index (χ0v) is 18.1. The number of nitrogens with zero attached hydrogens (tertiary/aromatic N) is 2. The van der Waals surface area contributed by atoms with Gasteiger partial charge in [-0.1, -0.05) is 30.7 Å². The highest BCUT2D eigenvalue weighted by atomic mass is 16.6. The molecule has 2 amide bonds. The van der Waals surface area contributed by atoms with Gasteiger partial charge in [0.1, 0.15) is 6.10 Å². The molecule has 30 heavy (non-hydrogen) atoms. The number of ether oxygens (including phenoxy) is 2. The van der Waals surface area contributed by atoms with Crippen LogP contribution < -0.4 is 0 Å². The zero-order valence-electron chi connectivity index (χ0n) is 18.1. The van der Waals surface area contributed by atoms with E-state index in [9.17, 15) is 9.59 Å². The van der Waals surface area contributed by atoms with Gasteiger partial charge in [-0.2, -0.15) is 0 Å². The lowest BCUT2D eigenvalue weighted by atomic mass is 9.73. The predicted octanol–water partition coefficient (Wildman–Crippen LogP) is 3.77. The molecule has 2 heterocycles. The Morgan fingerprint density at radius 2 is 1.80 bits per heavy atom. The van der Waals surface area contributed by atoms with Gasteiger partial charge in [0.25, 0.3) is 0 Å². The van der Waals surface area contributed by atoms with Crippen LogP contribution in [0.25, 0.3) is 0 Å². The molecule has 6 nitrogen and oxygen atoms in total. The summed E-state index contributed by atoms with van der Waals surface area (Å²) in [5, 5.41) is 0. The quantitative estimate of drug-likeness (QED) is 0.753. The number of methoxy groups -OCH3 is 1. The van der Waals surface area contributed by atoms with Crippen molar-refractivity contribution < 1.29 is 19.1 Å². The van der Waals surface area contributed by atoms with Crippen molar-refractivity contribution in [2.24, 2.45) is 5.41 Å². The molecule has 1 aliphatic carbocycles. The number of likely N-dealkylation sites (tertiary alicyclic amines) is 1. The van der Waals surface area contributed by atoms with Crippen molar-refractivity contribution in [2.45, 2.75) is 64.0 Å². The Balaban J connectivity index is 1.46. The number of fused-ring (bicyclic) bond motifs is 1. The molecule has 1 aromatic carbocycles. The number of benzene rings is 1. The molecule has 0 unspecified atom stereocenters. The molecule has 4 rings (SSSR count). The van der Waals surface area contributed by atoms with Gasteiger partial charge in [0.2, 0.25) is 5.91 Å². The first-order valence-corrected chi connectivity index (χ1v) is 11.4. The van der Waals surface area contributed by atoms with E-state index in [2.05, 4.69) is 18.2 Å². The smallest absolute Gasteiger partial charge is 0.410 e. The van der Waals surface area contributed by atoms with Crippen LogP contribution in [0.1, 0.15) is 56.1 Å². The van der Waals surface area contributed by atoms with Gasteiger partial charge in [0.15, 0.2) is 0 Å². The Kier molecular flexibility index (Phi) is 6.61. The highest BCUT2D eigenvalue weighted by molar-refractivity contribution is 5.84. The monoisotopic (exact) mass is 414 g/mol. The van der Waals surface area contributed by atoms with Crippen LogP contribution in [0.2, 0.25) is 0 Å². The van der Waals surface area contributed by atoms with Crippen LogP contribution in [0.3, 0.4) is 0 Å². The number of amides is 2. The van der Waals surface area contributed by atoms with Gasteiger partial charge in [0.05, 0.1) is 12.0 Å². The summed E-state index contributed by atoms with van der Waals surface area (Å²) in [7, 11) is 1.67. The van der Waals surface area contributed by atoms with Gasteiger partial charge in [-0.05, 0) is 56.1 Å². The number of rotatable bonds is 4. The largest absolute Gasteiger partial charge is 0.446 e.